The molecule has 0 aliphatic heterocycles. The molecule has 2 aromatic carbocycles. The molecule has 3 aromatic rings. The molecule has 7 heteroatoms. The van der Waals surface area contributed by atoms with Crippen LogP contribution in [0.25, 0.3) is 10.2 Å². The Morgan fingerprint density at radius 1 is 1.14 bits per heavy atom. The van der Waals surface area contributed by atoms with Crippen LogP contribution in [0.1, 0.15) is 11.1 Å². The lowest BCUT2D eigenvalue weighted by Gasteiger charge is -2.05. The largest absolute Gasteiger partial charge is 0.263 e. The van der Waals surface area contributed by atoms with E-state index < -0.39 is 10.0 Å². The highest BCUT2D eigenvalue weighted by Crippen LogP contribution is 2.32. The van der Waals surface area contributed by atoms with E-state index in [1.807, 2.05) is 19.9 Å². The molecule has 1 N–H and O–H groups in total. The first-order valence-electron chi connectivity index (χ1n) is 6.51. The number of rotatable bonds is 3. The Morgan fingerprint density at radius 3 is 2.50 bits per heavy atom. The minimum Gasteiger partial charge on any atom is -0.255 e. The second-order valence-electron chi connectivity index (χ2n) is 5.01. The molecule has 1 aromatic heterocycles. The number of halogens is 1. The predicted molar refractivity (Wildman–Crippen MR) is 91.4 cm³/mol. The Balaban J connectivity index is 1.98. The summed E-state index contributed by atoms with van der Waals surface area (Å²) in [6.07, 6.45) is 0. The number of hydrogen-bond acceptors (Lipinski definition) is 4. The summed E-state index contributed by atoms with van der Waals surface area (Å²) in [4.78, 5) is 4.57. The molecule has 0 bridgehead atoms. The van der Waals surface area contributed by atoms with E-state index in [0.717, 1.165) is 21.3 Å². The molecule has 0 radical (unpaired) electrons. The third-order valence-electron chi connectivity index (χ3n) is 3.20. The molecule has 0 atom stereocenters. The number of benzene rings is 2. The highest BCUT2D eigenvalue weighted by atomic mass is 35.5. The van der Waals surface area contributed by atoms with Crippen molar-refractivity contribution in [1.82, 2.24) is 4.98 Å². The van der Waals surface area contributed by atoms with Gasteiger partial charge in [0.25, 0.3) is 10.0 Å². The van der Waals surface area contributed by atoms with Crippen molar-refractivity contribution >= 4 is 48.3 Å². The fourth-order valence-corrected chi connectivity index (χ4v) is 4.64. The fraction of sp³-hybridized carbons (Fsp3) is 0.133. The van der Waals surface area contributed by atoms with Crippen molar-refractivity contribution in [2.24, 2.45) is 0 Å². The highest BCUT2D eigenvalue weighted by molar-refractivity contribution is 7.93. The van der Waals surface area contributed by atoms with E-state index in [-0.39, 0.29) is 4.90 Å². The van der Waals surface area contributed by atoms with Crippen LogP contribution in [0.2, 0.25) is 5.02 Å². The first kappa shape index (κ1) is 15.3. The Labute approximate surface area is 137 Å². The number of anilines is 1. The quantitative estimate of drug-likeness (QED) is 0.761. The average molecular weight is 353 g/mol. The van der Waals surface area contributed by atoms with Gasteiger partial charge in [-0.2, -0.15) is 0 Å². The Kier molecular flexibility index (Phi) is 3.84. The summed E-state index contributed by atoms with van der Waals surface area (Å²) in [6, 6.07) is 10.3. The van der Waals surface area contributed by atoms with Gasteiger partial charge in [-0.05, 0) is 43.7 Å². The maximum atomic E-state index is 12.4. The summed E-state index contributed by atoms with van der Waals surface area (Å²) in [5, 5.41) is 0.947. The van der Waals surface area contributed by atoms with Gasteiger partial charge in [0.05, 0.1) is 15.1 Å². The zero-order valence-electron chi connectivity index (χ0n) is 11.9. The molecule has 0 aliphatic rings. The third-order valence-corrected chi connectivity index (χ3v) is 5.82. The molecule has 4 nitrogen and oxygen atoms in total. The summed E-state index contributed by atoms with van der Waals surface area (Å²) < 4.78 is 28.1. The van der Waals surface area contributed by atoms with Gasteiger partial charge in [0.1, 0.15) is 0 Å². The van der Waals surface area contributed by atoms with E-state index in [1.54, 1.807) is 30.3 Å². The van der Waals surface area contributed by atoms with Crippen LogP contribution in [-0.2, 0) is 10.0 Å². The SMILES string of the molecule is Cc1ccc(S(=O)(=O)Nc2nc3c(C)cc(Cl)cc3s2)cc1. The van der Waals surface area contributed by atoms with Crippen LogP contribution in [0, 0.1) is 13.8 Å². The fourth-order valence-electron chi connectivity index (χ4n) is 2.09. The highest BCUT2D eigenvalue weighted by Gasteiger charge is 2.17. The van der Waals surface area contributed by atoms with Gasteiger partial charge in [0.2, 0.25) is 0 Å². The molecule has 0 amide bonds. The zero-order chi connectivity index (χ0) is 15.9. The lowest BCUT2D eigenvalue weighted by molar-refractivity contribution is 0.601. The molecule has 0 fully saturated rings. The van der Waals surface area contributed by atoms with E-state index in [9.17, 15) is 8.42 Å². The lowest BCUT2D eigenvalue weighted by Crippen LogP contribution is -2.12. The van der Waals surface area contributed by atoms with Crippen molar-refractivity contribution in [3.63, 3.8) is 0 Å². The summed E-state index contributed by atoms with van der Waals surface area (Å²) in [5.74, 6) is 0. The lowest BCUT2D eigenvalue weighted by atomic mass is 10.2. The molecule has 114 valence electrons. The van der Waals surface area contributed by atoms with Crippen LogP contribution in [0.5, 0.6) is 0 Å². The molecule has 0 unspecified atom stereocenters. The van der Waals surface area contributed by atoms with Gasteiger partial charge >= 0.3 is 0 Å². The Hall–Kier alpha value is -1.63. The Morgan fingerprint density at radius 2 is 1.82 bits per heavy atom. The minimum atomic E-state index is -3.64. The monoisotopic (exact) mass is 352 g/mol. The van der Waals surface area contributed by atoms with Crippen molar-refractivity contribution in [3.8, 4) is 0 Å². The molecule has 3 rings (SSSR count). The molecular formula is C15H13ClN2O2S2. The standard InChI is InChI=1S/C15H13ClN2O2S2/c1-9-3-5-12(6-4-9)22(19,20)18-15-17-14-10(2)7-11(16)8-13(14)21-15/h3-8H,1-2H3,(H,17,18). The molecule has 0 saturated heterocycles. The van der Waals surface area contributed by atoms with Crippen molar-refractivity contribution in [2.75, 3.05) is 4.72 Å². The van der Waals surface area contributed by atoms with Crippen molar-refractivity contribution in [2.45, 2.75) is 18.7 Å². The van der Waals surface area contributed by atoms with Crippen LogP contribution < -0.4 is 4.72 Å². The second kappa shape index (κ2) is 5.53. The number of aryl methyl sites for hydroxylation is 2. The topological polar surface area (TPSA) is 59.1 Å². The van der Waals surface area contributed by atoms with Crippen LogP contribution in [-0.4, -0.2) is 13.4 Å². The van der Waals surface area contributed by atoms with E-state index in [2.05, 4.69) is 9.71 Å². The molecular weight excluding hydrogens is 340 g/mol. The van der Waals surface area contributed by atoms with Gasteiger partial charge < -0.3 is 0 Å². The molecule has 0 aliphatic carbocycles. The average Bonchev–Trinajstić information content (AvgIpc) is 2.81. The summed E-state index contributed by atoms with van der Waals surface area (Å²) in [6.45, 7) is 3.80. The van der Waals surface area contributed by atoms with Gasteiger partial charge in [-0.3, -0.25) is 4.72 Å². The summed E-state index contributed by atoms with van der Waals surface area (Å²) in [5.41, 5.74) is 2.68. The smallest absolute Gasteiger partial charge is 0.255 e. The van der Waals surface area contributed by atoms with Crippen molar-refractivity contribution in [3.05, 3.63) is 52.5 Å². The van der Waals surface area contributed by atoms with Crippen molar-refractivity contribution in [1.29, 1.82) is 0 Å². The molecule has 0 spiro atoms. The Bertz CT molecular complexity index is 948. The number of fused-ring (bicyclic) bond motifs is 1. The predicted octanol–water partition coefficient (Wildman–Crippen LogP) is 4.37. The number of hydrogen-bond donors (Lipinski definition) is 1. The molecule has 22 heavy (non-hydrogen) atoms. The van der Waals surface area contributed by atoms with Crippen molar-refractivity contribution < 1.29 is 8.42 Å². The second-order valence-corrected chi connectivity index (χ2v) is 8.16. The van der Waals surface area contributed by atoms with E-state index >= 15 is 0 Å². The van der Waals surface area contributed by atoms with Gasteiger partial charge in [0, 0.05) is 5.02 Å². The van der Waals surface area contributed by atoms with Gasteiger partial charge in [0.15, 0.2) is 5.13 Å². The minimum absolute atomic E-state index is 0.215. The van der Waals surface area contributed by atoms with Crippen LogP contribution in [0.3, 0.4) is 0 Å². The first-order chi connectivity index (χ1) is 10.3. The van der Waals surface area contributed by atoms with E-state index in [0.29, 0.717) is 10.2 Å². The van der Waals surface area contributed by atoms with Crippen LogP contribution >= 0.6 is 22.9 Å². The summed E-state index contributed by atoms with van der Waals surface area (Å²) in [7, 11) is -3.64. The maximum Gasteiger partial charge on any atom is 0.263 e. The van der Waals surface area contributed by atoms with Gasteiger partial charge in [-0.1, -0.05) is 40.6 Å². The van der Waals surface area contributed by atoms with E-state index in [1.165, 1.54) is 11.3 Å². The van der Waals surface area contributed by atoms with Gasteiger partial charge in [-0.15, -0.1) is 0 Å². The zero-order valence-corrected chi connectivity index (χ0v) is 14.3. The van der Waals surface area contributed by atoms with Crippen LogP contribution in [0.4, 0.5) is 5.13 Å². The molecule has 0 saturated carbocycles. The van der Waals surface area contributed by atoms with Crippen LogP contribution in [0.15, 0.2) is 41.3 Å². The first-order valence-corrected chi connectivity index (χ1v) is 9.19. The summed E-state index contributed by atoms with van der Waals surface area (Å²) >= 11 is 7.28. The molecule has 1 heterocycles. The normalized spacial score (nSPS) is 11.8. The number of aromatic nitrogens is 1. The number of sulfonamides is 1. The number of nitrogens with zero attached hydrogens (tertiary/aromatic N) is 1. The third kappa shape index (κ3) is 2.95. The maximum absolute atomic E-state index is 12.4. The number of nitrogens with one attached hydrogen (secondary N) is 1. The van der Waals surface area contributed by atoms with E-state index in [4.69, 9.17) is 11.6 Å². The number of thiazole rings is 1. The van der Waals surface area contributed by atoms with Gasteiger partial charge in [-0.25, -0.2) is 13.4 Å².